The molecule has 2 aromatic heterocycles. The van der Waals surface area contributed by atoms with Crippen LogP contribution in [0.1, 0.15) is 16.7 Å². The quantitative estimate of drug-likeness (QED) is 0.828. The first kappa shape index (κ1) is 13.0. The molecule has 0 fully saturated rings. The maximum absolute atomic E-state index is 11.3. The Morgan fingerprint density at radius 3 is 3.00 bits per heavy atom. The molecule has 18 heavy (non-hydrogen) atoms. The minimum absolute atomic E-state index is 0.168. The average Bonchev–Trinajstić information content (AvgIpc) is 2.97. The SMILES string of the molecule is CCOC(=O)Cc1ccc(CNc2nccs2)s1. The van der Waals surface area contributed by atoms with Crippen LogP contribution in [0.2, 0.25) is 0 Å². The topological polar surface area (TPSA) is 51.2 Å². The first-order valence-corrected chi connectivity index (χ1v) is 7.34. The molecule has 0 aliphatic rings. The molecule has 0 saturated heterocycles. The Kier molecular flexibility index (Phi) is 4.72. The predicted octanol–water partition coefficient (Wildman–Crippen LogP) is 2.92. The Hall–Kier alpha value is -1.40. The highest BCUT2D eigenvalue weighted by Gasteiger charge is 2.07. The van der Waals surface area contributed by atoms with E-state index in [9.17, 15) is 4.79 Å². The zero-order chi connectivity index (χ0) is 12.8. The summed E-state index contributed by atoms with van der Waals surface area (Å²) in [7, 11) is 0. The lowest BCUT2D eigenvalue weighted by atomic mass is 10.3. The van der Waals surface area contributed by atoms with Crippen molar-refractivity contribution in [2.24, 2.45) is 0 Å². The van der Waals surface area contributed by atoms with Crippen LogP contribution in [0.25, 0.3) is 0 Å². The number of thiophene rings is 1. The Morgan fingerprint density at radius 2 is 2.28 bits per heavy atom. The van der Waals surface area contributed by atoms with E-state index in [1.165, 1.54) is 4.88 Å². The van der Waals surface area contributed by atoms with Crippen LogP contribution in [0, 0.1) is 0 Å². The van der Waals surface area contributed by atoms with E-state index in [2.05, 4.69) is 10.3 Å². The number of carbonyl (C=O) groups excluding carboxylic acids is 1. The highest BCUT2D eigenvalue weighted by Crippen LogP contribution is 2.19. The molecule has 0 aliphatic carbocycles. The van der Waals surface area contributed by atoms with Crippen LogP contribution in [0.5, 0.6) is 0 Å². The summed E-state index contributed by atoms with van der Waals surface area (Å²) in [6, 6.07) is 4.00. The van der Waals surface area contributed by atoms with Gasteiger partial charge in [0.2, 0.25) is 0 Å². The van der Waals surface area contributed by atoms with Crippen molar-refractivity contribution in [2.45, 2.75) is 19.9 Å². The van der Waals surface area contributed by atoms with E-state index in [1.807, 2.05) is 24.4 Å². The first-order valence-electron chi connectivity index (χ1n) is 5.64. The van der Waals surface area contributed by atoms with Gasteiger partial charge < -0.3 is 10.1 Å². The van der Waals surface area contributed by atoms with Gasteiger partial charge in [0.1, 0.15) is 0 Å². The number of nitrogens with one attached hydrogen (secondary N) is 1. The van der Waals surface area contributed by atoms with Crippen molar-refractivity contribution in [1.29, 1.82) is 0 Å². The third-order valence-electron chi connectivity index (χ3n) is 2.19. The molecule has 0 unspecified atom stereocenters. The van der Waals surface area contributed by atoms with Crippen molar-refractivity contribution >= 4 is 33.8 Å². The molecular formula is C12H14N2O2S2. The average molecular weight is 282 g/mol. The van der Waals surface area contributed by atoms with Gasteiger partial charge in [0.25, 0.3) is 0 Å². The van der Waals surface area contributed by atoms with E-state index in [-0.39, 0.29) is 5.97 Å². The van der Waals surface area contributed by atoms with Crippen molar-refractivity contribution in [2.75, 3.05) is 11.9 Å². The van der Waals surface area contributed by atoms with Gasteiger partial charge in [-0.15, -0.1) is 22.7 Å². The molecule has 1 N–H and O–H groups in total. The number of hydrogen-bond donors (Lipinski definition) is 1. The maximum Gasteiger partial charge on any atom is 0.311 e. The minimum Gasteiger partial charge on any atom is -0.466 e. The Balaban J connectivity index is 1.84. The highest BCUT2D eigenvalue weighted by atomic mass is 32.1. The van der Waals surface area contributed by atoms with Gasteiger partial charge in [0.15, 0.2) is 5.13 Å². The standard InChI is InChI=1S/C12H14N2O2S2/c1-2-16-11(15)7-9-3-4-10(18-9)8-14-12-13-5-6-17-12/h3-6H,2,7-8H2,1H3,(H,13,14). The number of thiazole rings is 1. The van der Waals surface area contributed by atoms with Crippen molar-refractivity contribution in [1.82, 2.24) is 4.98 Å². The van der Waals surface area contributed by atoms with Gasteiger partial charge in [0, 0.05) is 21.3 Å². The summed E-state index contributed by atoms with van der Waals surface area (Å²) >= 11 is 3.20. The number of ether oxygens (including phenoxy) is 1. The first-order chi connectivity index (χ1) is 8.78. The molecule has 0 amide bonds. The Bertz CT molecular complexity index is 494. The molecule has 6 heteroatoms. The van der Waals surface area contributed by atoms with Crippen molar-refractivity contribution in [3.8, 4) is 0 Å². The van der Waals surface area contributed by atoms with Crippen LogP contribution in [-0.2, 0) is 22.5 Å². The van der Waals surface area contributed by atoms with Gasteiger partial charge in [-0.25, -0.2) is 4.98 Å². The van der Waals surface area contributed by atoms with Gasteiger partial charge in [-0.05, 0) is 19.1 Å². The van der Waals surface area contributed by atoms with Crippen LogP contribution < -0.4 is 5.32 Å². The number of rotatable bonds is 6. The number of aromatic nitrogens is 1. The number of carbonyl (C=O) groups is 1. The predicted molar refractivity (Wildman–Crippen MR) is 74.1 cm³/mol. The summed E-state index contributed by atoms with van der Waals surface area (Å²) in [5.41, 5.74) is 0. The van der Waals surface area contributed by atoms with Crippen LogP contribution in [0.15, 0.2) is 23.7 Å². The molecular weight excluding hydrogens is 268 g/mol. The van der Waals surface area contributed by atoms with Gasteiger partial charge in [-0.2, -0.15) is 0 Å². The number of nitrogens with zero attached hydrogens (tertiary/aromatic N) is 1. The summed E-state index contributed by atoms with van der Waals surface area (Å²) in [4.78, 5) is 17.7. The Morgan fingerprint density at radius 1 is 1.44 bits per heavy atom. The lowest BCUT2D eigenvalue weighted by Gasteiger charge is -1.99. The lowest BCUT2D eigenvalue weighted by Crippen LogP contribution is -2.06. The summed E-state index contributed by atoms with van der Waals surface area (Å²) < 4.78 is 4.92. The monoisotopic (exact) mass is 282 g/mol. The third kappa shape index (κ3) is 3.82. The second-order valence-electron chi connectivity index (χ2n) is 3.54. The molecule has 4 nitrogen and oxygen atoms in total. The molecule has 0 radical (unpaired) electrons. The number of esters is 1. The van der Waals surface area contributed by atoms with Crippen molar-refractivity contribution < 1.29 is 9.53 Å². The van der Waals surface area contributed by atoms with Crippen molar-refractivity contribution in [3.05, 3.63) is 33.5 Å². The van der Waals surface area contributed by atoms with Gasteiger partial charge in [-0.3, -0.25) is 4.79 Å². The van der Waals surface area contributed by atoms with Crippen LogP contribution in [0.3, 0.4) is 0 Å². The van der Waals surface area contributed by atoms with E-state index in [0.29, 0.717) is 13.0 Å². The van der Waals surface area contributed by atoms with Gasteiger partial charge >= 0.3 is 5.97 Å². The Labute approximate surface area is 114 Å². The van der Waals surface area contributed by atoms with E-state index < -0.39 is 0 Å². The molecule has 0 aliphatic heterocycles. The molecule has 2 rings (SSSR count). The van der Waals surface area contributed by atoms with Gasteiger partial charge in [-0.1, -0.05) is 0 Å². The fourth-order valence-corrected chi connectivity index (χ4v) is 2.91. The highest BCUT2D eigenvalue weighted by molar-refractivity contribution is 7.13. The van der Waals surface area contributed by atoms with Gasteiger partial charge in [0.05, 0.1) is 19.6 Å². The summed E-state index contributed by atoms with van der Waals surface area (Å²) in [6.45, 7) is 2.99. The second kappa shape index (κ2) is 6.51. The molecule has 0 atom stereocenters. The third-order valence-corrected chi connectivity index (χ3v) is 4.00. The van der Waals surface area contributed by atoms with Crippen LogP contribution in [0.4, 0.5) is 5.13 Å². The van der Waals surface area contributed by atoms with E-state index in [4.69, 9.17) is 4.74 Å². The molecule has 96 valence electrons. The van der Waals surface area contributed by atoms with E-state index >= 15 is 0 Å². The number of anilines is 1. The zero-order valence-corrected chi connectivity index (χ0v) is 11.6. The largest absolute Gasteiger partial charge is 0.466 e. The maximum atomic E-state index is 11.3. The second-order valence-corrected chi connectivity index (χ2v) is 5.69. The molecule has 0 spiro atoms. The minimum atomic E-state index is -0.168. The fourth-order valence-electron chi connectivity index (χ4n) is 1.44. The summed E-state index contributed by atoms with van der Waals surface area (Å²) in [5.74, 6) is -0.168. The molecule has 2 aromatic rings. The van der Waals surface area contributed by atoms with E-state index in [0.717, 1.165) is 16.6 Å². The molecule has 0 aromatic carbocycles. The molecule has 0 bridgehead atoms. The number of hydrogen-bond acceptors (Lipinski definition) is 6. The van der Waals surface area contributed by atoms with Crippen molar-refractivity contribution in [3.63, 3.8) is 0 Å². The van der Waals surface area contributed by atoms with E-state index in [1.54, 1.807) is 28.9 Å². The summed E-state index contributed by atoms with van der Waals surface area (Å²) in [5, 5.41) is 6.08. The smallest absolute Gasteiger partial charge is 0.311 e. The molecule has 0 saturated carbocycles. The molecule has 2 heterocycles. The van der Waals surface area contributed by atoms with Crippen LogP contribution >= 0.6 is 22.7 Å². The zero-order valence-electron chi connectivity index (χ0n) is 10.0. The normalized spacial score (nSPS) is 10.3. The summed E-state index contributed by atoms with van der Waals surface area (Å²) in [6.07, 6.45) is 2.13. The lowest BCUT2D eigenvalue weighted by molar-refractivity contribution is -0.142. The van der Waals surface area contributed by atoms with Crippen LogP contribution in [-0.4, -0.2) is 17.6 Å². The fraction of sp³-hybridized carbons (Fsp3) is 0.333.